The van der Waals surface area contributed by atoms with Crippen LogP contribution in [0.4, 0.5) is 5.69 Å². The van der Waals surface area contributed by atoms with Crippen LogP contribution in [0, 0.1) is 0 Å². The lowest BCUT2D eigenvalue weighted by Gasteiger charge is -2.15. The van der Waals surface area contributed by atoms with Crippen LogP contribution in [0.5, 0.6) is 0 Å². The fraction of sp³-hybridized carbons (Fsp3) is 0.400. The molecule has 0 bridgehead atoms. The lowest BCUT2D eigenvalue weighted by molar-refractivity contribution is -0.136. The van der Waals surface area contributed by atoms with Crippen molar-refractivity contribution in [3.8, 4) is 0 Å². The largest absolute Gasteiger partial charge is 0.348 e. The van der Waals surface area contributed by atoms with Crippen LogP contribution in [0.2, 0.25) is 0 Å². The van der Waals surface area contributed by atoms with Crippen LogP contribution in [0.1, 0.15) is 19.3 Å². The number of carbonyl (C=O) groups excluding carboxylic acids is 3. The number of benzene rings is 1. The van der Waals surface area contributed by atoms with Gasteiger partial charge in [-0.1, -0.05) is 0 Å². The summed E-state index contributed by atoms with van der Waals surface area (Å²) in [5, 5.41) is 9.80. The number of sulfonamides is 1. The zero-order valence-corrected chi connectivity index (χ0v) is 14.3. The lowest BCUT2D eigenvalue weighted by atomic mass is 10.3. The summed E-state index contributed by atoms with van der Waals surface area (Å²) in [5.74, 6) is -1.55. The second kappa shape index (κ2) is 8.08. The molecule has 25 heavy (non-hydrogen) atoms. The van der Waals surface area contributed by atoms with E-state index in [1.165, 1.54) is 24.3 Å². The molecule has 9 nitrogen and oxygen atoms in total. The van der Waals surface area contributed by atoms with Gasteiger partial charge in [-0.2, -0.15) is 0 Å². The van der Waals surface area contributed by atoms with E-state index < -0.39 is 21.8 Å². The standard InChI is InChI=1S/C15H20N4O5S/c16-25(23,24)12-6-4-11(5-7-12)18-15(22)14(21)17-8-2-10-19-9-1-3-13(19)20/h4-7H,1-3,8-10H2,(H,17,21)(H,18,22)(H2,16,23,24). The smallest absolute Gasteiger partial charge is 0.313 e. The first-order chi connectivity index (χ1) is 11.8. The molecular weight excluding hydrogens is 348 g/mol. The normalized spacial score (nSPS) is 14.4. The molecule has 4 N–H and O–H groups in total. The summed E-state index contributed by atoms with van der Waals surface area (Å²) >= 11 is 0. The van der Waals surface area contributed by atoms with Crippen molar-refractivity contribution < 1.29 is 22.8 Å². The zero-order chi connectivity index (χ0) is 18.4. The maximum absolute atomic E-state index is 11.8. The van der Waals surface area contributed by atoms with Crippen LogP contribution in [-0.2, 0) is 24.4 Å². The molecule has 0 aliphatic carbocycles. The molecule has 0 radical (unpaired) electrons. The predicted molar refractivity (Wildman–Crippen MR) is 89.9 cm³/mol. The van der Waals surface area contributed by atoms with Gasteiger partial charge >= 0.3 is 11.8 Å². The fourth-order valence-corrected chi connectivity index (χ4v) is 2.92. The Kier molecular flexibility index (Phi) is 6.10. The minimum Gasteiger partial charge on any atom is -0.348 e. The van der Waals surface area contributed by atoms with Gasteiger partial charge in [0.1, 0.15) is 0 Å². The topological polar surface area (TPSA) is 139 Å². The quantitative estimate of drug-likeness (QED) is 0.455. The summed E-state index contributed by atoms with van der Waals surface area (Å²) in [7, 11) is -3.81. The summed E-state index contributed by atoms with van der Waals surface area (Å²) in [6.07, 6.45) is 1.99. The number of nitrogens with one attached hydrogen (secondary N) is 2. The molecule has 3 amide bonds. The summed E-state index contributed by atoms with van der Waals surface area (Å²) in [5.41, 5.74) is 0.273. The van der Waals surface area contributed by atoms with Gasteiger partial charge in [0.25, 0.3) is 0 Å². The Bertz CT molecular complexity index is 761. The first-order valence-corrected chi connectivity index (χ1v) is 9.32. The molecular formula is C15H20N4O5S. The van der Waals surface area contributed by atoms with Crippen molar-refractivity contribution in [1.82, 2.24) is 10.2 Å². The number of likely N-dealkylation sites (tertiary alicyclic amines) is 1. The molecule has 1 saturated heterocycles. The highest BCUT2D eigenvalue weighted by molar-refractivity contribution is 7.89. The van der Waals surface area contributed by atoms with Crippen molar-refractivity contribution in [2.24, 2.45) is 5.14 Å². The Hall–Kier alpha value is -2.46. The van der Waals surface area contributed by atoms with Crippen LogP contribution in [0.3, 0.4) is 0 Å². The number of nitrogens with two attached hydrogens (primary N) is 1. The molecule has 1 aliphatic rings. The number of rotatable bonds is 6. The van der Waals surface area contributed by atoms with Crippen LogP contribution in [-0.4, -0.2) is 50.7 Å². The van der Waals surface area contributed by atoms with Crippen molar-refractivity contribution in [3.63, 3.8) is 0 Å². The zero-order valence-electron chi connectivity index (χ0n) is 13.5. The van der Waals surface area contributed by atoms with Gasteiger partial charge in [0.05, 0.1) is 4.90 Å². The van der Waals surface area contributed by atoms with Gasteiger partial charge in [0, 0.05) is 31.7 Å². The molecule has 1 aromatic rings. The number of hydrogen-bond donors (Lipinski definition) is 3. The Morgan fingerprint density at radius 3 is 2.40 bits per heavy atom. The molecule has 1 aromatic carbocycles. The average molecular weight is 368 g/mol. The summed E-state index contributed by atoms with van der Waals surface area (Å²) in [6, 6.07) is 5.14. The minimum atomic E-state index is -3.81. The second-order valence-electron chi connectivity index (χ2n) is 5.62. The van der Waals surface area contributed by atoms with E-state index >= 15 is 0 Å². The molecule has 1 fully saturated rings. The first-order valence-electron chi connectivity index (χ1n) is 7.77. The summed E-state index contributed by atoms with van der Waals surface area (Å²) < 4.78 is 22.3. The SMILES string of the molecule is NS(=O)(=O)c1ccc(NC(=O)C(=O)NCCCN2CCCC2=O)cc1. The number of primary sulfonamides is 1. The Labute approximate surface area is 145 Å². The molecule has 2 rings (SSSR count). The van der Waals surface area contributed by atoms with Crippen molar-refractivity contribution in [2.75, 3.05) is 25.0 Å². The van der Waals surface area contributed by atoms with E-state index in [-0.39, 0.29) is 23.0 Å². The Balaban J connectivity index is 1.74. The highest BCUT2D eigenvalue weighted by Crippen LogP contribution is 2.12. The number of hydrogen-bond acceptors (Lipinski definition) is 5. The van der Waals surface area contributed by atoms with Gasteiger partial charge in [-0.3, -0.25) is 14.4 Å². The van der Waals surface area contributed by atoms with Crippen molar-refractivity contribution >= 4 is 33.4 Å². The summed E-state index contributed by atoms with van der Waals surface area (Å²) in [4.78, 5) is 36.6. The maximum atomic E-state index is 11.8. The van der Waals surface area contributed by atoms with E-state index in [9.17, 15) is 22.8 Å². The first kappa shape index (κ1) is 18.9. The van der Waals surface area contributed by atoms with Crippen LogP contribution in [0.25, 0.3) is 0 Å². The molecule has 0 spiro atoms. The number of anilines is 1. The monoisotopic (exact) mass is 368 g/mol. The second-order valence-corrected chi connectivity index (χ2v) is 7.18. The van der Waals surface area contributed by atoms with Crippen molar-refractivity contribution in [1.29, 1.82) is 0 Å². The third-order valence-corrected chi connectivity index (χ3v) is 4.64. The molecule has 0 saturated carbocycles. The third-order valence-electron chi connectivity index (χ3n) is 3.71. The number of amides is 3. The molecule has 0 aromatic heterocycles. The number of nitrogens with zero attached hydrogens (tertiary/aromatic N) is 1. The molecule has 0 unspecified atom stereocenters. The van der Waals surface area contributed by atoms with E-state index in [2.05, 4.69) is 10.6 Å². The van der Waals surface area contributed by atoms with Gasteiger partial charge in [-0.05, 0) is 37.1 Å². The lowest BCUT2D eigenvalue weighted by Crippen LogP contribution is -2.37. The van der Waals surface area contributed by atoms with Gasteiger partial charge in [0.15, 0.2) is 0 Å². The van der Waals surface area contributed by atoms with Crippen LogP contribution in [0.15, 0.2) is 29.2 Å². The van der Waals surface area contributed by atoms with E-state index in [1.54, 1.807) is 4.90 Å². The van der Waals surface area contributed by atoms with E-state index in [1.807, 2.05) is 0 Å². The van der Waals surface area contributed by atoms with E-state index in [0.29, 0.717) is 19.4 Å². The maximum Gasteiger partial charge on any atom is 0.313 e. The van der Waals surface area contributed by atoms with Gasteiger partial charge in [0.2, 0.25) is 15.9 Å². The molecule has 136 valence electrons. The van der Waals surface area contributed by atoms with E-state index in [4.69, 9.17) is 5.14 Å². The van der Waals surface area contributed by atoms with Crippen molar-refractivity contribution in [3.05, 3.63) is 24.3 Å². The molecule has 1 aliphatic heterocycles. The number of carbonyl (C=O) groups is 3. The van der Waals surface area contributed by atoms with E-state index in [0.717, 1.165) is 13.0 Å². The fourth-order valence-electron chi connectivity index (χ4n) is 2.41. The minimum absolute atomic E-state index is 0.0913. The Morgan fingerprint density at radius 2 is 1.84 bits per heavy atom. The predicted octanol–water partition coefficient (Wildman–Crippen LogP) is -0.599. The van der Waals surface area contributed by atoms with Gasteiger partial charge < -0.3 is 15.5 Å². The highest BCUT2D eigenvalue weighted by Gasteiger charge is 2.19. The molecule has 10 heteroatoms. The van der Waals surface area contributed by atoms with Gasteiger partial charge in [-0.25, -0.2) is 13.6 Å². The molecule has 1 heterocycles. The van der Waals surface area contributed by atoms with Crippen LogP contribution >= 0.6 is 0 Å². The average Bonchev–Trinajstić information content (AvgIpc) is 2.96. The third kappa shape index (κ3) is 5.54. The van der Waals surface area contributed by atoms with Crippen LogP contribution < -0.4 is 15.8 Å². The highest BCUT2D eigenvalue weighted by atomic mass is 32.2. The summed E-state index contributed by atoms with van der Waals surface area (Å²) in [6.45, 7) is 1.57. The van der Waals surface area contributed by atoms with Gasteiger partial charge in [-0.15, -0.1) is 0 Å². The Morgan fingerprint density at radius 1 is 1.16 bits per heavy atom. The van der Waals surface area contributed by atoms with Crippen molar-refractivity contribution in [2.45, 2.75) is 24.2 Å². The molecule has 0 atom stereocenters.